The van der Waals surface area contributed by atoms with Crippen molar-refractivity contribution in [2.24, 2.45) is 16.6 Å². The molecule has 1 saturated carbocycles. The molecule has 4 atom stereocenters. The van der Waals surface area contributed by atoms with Crippen LogP contribution in [0.25, 0.3) is 11.9 Å². The van der Waals surface area contributed by atoms with E-state index in [-0.39, 0.29) is 22.3 Å². The lowest BCUT2D eigenvalue weighted by Crippen LogP contribution is -2.39. The first-order valence-corrected chi connectivity index (χ1v) is 13.0. The van der Waals surface area contributed by atoms with Gasteiger partial charge in [0.2, 0.25) is 5.88 Å². The third-order valence-corrected chi connectivity index (χ3v) is 9.98. The monoisotopic (exact) mass is 504 g/mol. The lowest BCUT2D eigenvalue weighted by Gasteiger charge is -2.33. The highest BCUT2D eigenvalue weighted by atomic mass is 32.3. The molecule has 1 fully saturated rings. The highest BCUT2D eigenvalue weighted by molar-refractivity contribution is 8.24. The second-order valence-electron chi connectivity index (χ2n) is 8.44. The zero-order valence-corrected chi connectivity index (χ0v) is 20.3. The van der Waals surface area contributed by atoms with Crippen LogP contribution >= 0.6 is 11.8 Å². The summed E-state index contributed by atoms with van der Waals surface area (Å²) in [5.74, 6) is 0.793. The first kappa shape index (κ1) is 24.2. The molecule has 178 valence electrons. The van der Waals surface area contributed by atoms with Crippen molar-refractivity contribution in [3.63, 3.8) is 0 Å². The second kappa shape index (κ2) is 8.36. The smallest absolute Gasteiger partial charge is 0.233 e. The third-order valence-electron chi connectivity index (χ3n) is 6.02. The zero-order chi connectivity index (χ0) is 24.9. The number of benzene rings is 1. The molecule has 0 unspecified atom stereocenters. The molecule has 1 aromatic carbocycles. The van der Waals surface area contributed by atoms with E-state index in [4.69, 9.17) is 16.9 Å². The van der Waals surface area contributed by atoms with Gasteiger partial charge in [-0.15, -0.1) is 6.42 Å². The quantitative estimate of drug-likeness (QED) is 0.600. The molecule has 4 rings (SSSR count). The van der Waals surface area contributed by atoms with Gasteiger partial charge in [0.1, 0.15) is 15.6 Å². The van der Waals surface area contributed by atoms with Crippen LogP contribution in [0.3, 0.4) is 0 Å². The van der Waals surface area contributed by atoms with Gasteiger partial charge in [-0.05, 0) is 44.0 Å². The van der Waals surface area contributed by atoms with Crippen molar-refractivity contribution in [2.75, 3.05) is 6.26 Å². The summed E-state index contributed by atoms with van der Waals surface area (Å²) < 4.78 is 58.9. The fourth-order valence-electron chi connectivity index (χ4n) is 4.16. The zero-order valence-electron chi connectivity index (χ0n) is 18.6. The van der Waals surface area contributed by atoms with Gasteiger partial charge < -0.3 is 10.5 Å². The fraction of sp³-hybridized carbons (Fsp3) is 0.348. The minimum atomic E-state index is -3.48. The van der Waals surface area contributed by atoms with Gasteiger partial charge in [0.25, 0.3) is 0 Å². The van der Waals surface area contributed by atoms with Gasteiger partial charge in [-0.1, -0.05) is 23.7 Å². The number of aromatic nitrogens is 2. The van der Waals surface area contributed by atoms with E-state index < -0.39 is 43.1 Å². The largest absolute Gasteiger partial charge is 0.460 e. The number of aliphatic imine (C=N–C) groups is 1. The molecule has 0 radical (unpaired) electrons. The molecule has 7 nitrogen and oxygen atoms in total. The molecule has 0 amide bonds. The van der Waals surface area contributed by atoms with E-state index in [9.17, 15) is 17.2 Å². The Labute approximate surface area is 200 Å². The average molecular weight is 505 g/mol. The van der Waals surface area contributed by atoms with E-state index in [1.54, 1.807) is 13.8 Å². The fourth-order valence-corrected chi connectivity index (χ4v) is 7.45. The summed E-state index contributed by atoms with van der Waals surface area (Å²) in [6, 6.07) is 4.05. The van der Waals surface area contributed by atoms with Gasteiger partial charge in [-0.3, -0.25) is 4.99 Å². The number of amidine groups is 1. The van der Waals surface area contributed by atoms with E-state index in [0.29, 0.717) is 12.0 Å². The maximum atomic E-state index is 14.9. The van der Waals surface area contributed by atoms with Gasteiger partial charge in [-0.2, -0.15) is 0 Å². The molecule has 1 aliphatic heterocycles. The van der Waals surface area contributed by atoms with E-state index in [2.05, 4.69) is 20.9 Å². The van der Waals surface area contributed by atoms with Crippen LogP contribution in [0.5, 0.6) is 5.88 Å². The van der Waals surface area contributed by atoms with E-state index in [1.807, 2.05) is 0 Å². The third kappa shape index (κ3) is 4.16. The first-order valence-electron chi connectivity index (χ1n) is 10.3. The van der Waals surface area contributed by atoms with Gasteiger partial charge in [0.15, 0.2) is 26.9 Å². The lowest BCUT2D eigenvalue weighted by molar-refractivity contribution is 0.266. The summed E-state index contributed by atoms with van der Waals surface area (Å²) in [7, 11) is -3.48. The number of sulfone groups is 1. The molecule has 2 N–H and O–H groups in total. The summed E-state index contributed by atoms with van der Waals surface area (Å²) >= 11 is 1.000. The molecule has 0 saturated heterocycles. The summed E-state index contributed by atoms with van der Waals surface area (Å²) in [5, 5.41) is 0.0740. The van der Waals surface area contributed by atoms with Gasteiger partial charge >= 0.3 is 0 Å². The predicted octanol–water partition coefficient (Wildman–Crippen LogP) is 3.52. The minimum absolute atomic E-state index is 0.0487. The standard InChI is InChI=1S/C23H22F2N4O3S2/c1-5-13(2)32-20-12-27-18(11-28-20)17(25)9-14-6-7-16(24)15(8-14)22(3)19-10-23(19,34(4,30)31)33-21(26)29-22/h1,6-9,11-13,19H,10H2,2-4H3,(H2,26,29)/t13-,19-,22+,23+/m0/s1. The number of nitrogens with two attached hydrogens (primary N) is 1. The minimum Gasteiger partial charge on any atom is -0.460 e. The summed E-state index contributed by atoms with van der Waals surface area (Å²) in [4.78, 5) is 12.4. The highest BCUT2D eigenvalue weighted by Gasteiger charge is 2.72. The summed E-state index contributed by atoms with van der Waals surface area (Å²) in [5.41, 5.74) is 5.19. The Balaban J connectivity index is 1.66. The van der Waals surface area contributed by atoms with E-state index in [1.165, 1.54) is 36.7 Å². The molecule has 2 heterocycles. The Kier molecular flexibility index (Phi) is 5.94. The van der Waals surface area contributed by atoms with Crippen molar-refractivity contribution in [2.45, 2.75) is 36.0 Å². The molecule has 34 heavy (non-hydrogen) atoms. The molecule has 1 aromatic heterocycles. The van der Waals surface area contributed by atoms with Crippen LogP contribution < -0.4 is 10.5 Å². The van der Waals surface area contributed by atoms with Crippen molar-refractivity contribution in [1.29, 1.82) is 0 Å². The number of terminal acetylenes is 1. The van der Waals surface area contributed by atoms with Gasteiger partial charge in [-0.25, -0.2) is 27.2 Å². The van der Waals surface area contributed by atoms with Crippen LogP contribution in [-0.4, -0.2) is 40.0 Å². The Morgan fingerprint density at radius 3 is 2.76 bits per heavy atom. The first-order chi connectivity index (χ1) is 15.9. The topological polar surface area (TPSA) is 108 Å². The highest BCUT2D eigenvalue weighted by Crippen LogP contribution is 2.68. The van der Waals surface area contributed by atoms with Crippen molar-refractivity contribution in [3.05, 3.63) is 53.2 Å². The molecule has 1 aliphatic carbocycles. The number of hydrogen-bond donors (Lipinski definition) is 1. The van der Waals surface area contributed by atoms with Crippen LogP contribution in [0.15, 0.2) is 35.6 Å². The Morgan fingerprint density at radius 1 is 1.41 bits per heavy atom. The van der Waals surface area contributed by atoms with Crippen LogP contribution in [0.1, 0.15) is 37.1 Å². The number of rotatable bonds is 6. The Morgan fingerprint density at radius 2 is 2.15 bits per heavy atom. The number of halogens is 2. The van der Waals surface area contributed by atoms with E-state index >= 15 is 0 Å². The van der Waals surface area contributed by atoms with Crippen molar-refractivity contribution in [3.8, 4) is 18.2 Å². The normalized spacial score (nSPS) is 27.2. The van der Waals surface area contributed by atoms with Gasteiger partial charge in [0.05, 0.1) is 17.9 Å². The van der Waals surface area contributed by atoms with Crippen LogP contribution in [0.4, 0.5) is 8.78 Å². The SMILES string of the molecule is C#C[C@H](C)Oc1cnc(C(F)=Cc2ccc(F)c([C@@]3(C)N=C(N)S[C@@]4(S(C)(=O)=O)C[C@H]43)c2)cn1. The Bertz CT molecular complexity index is 1360. The summed E-state index contributed by atoms with van der Waals surface area (Å²) in [6.45, 7) is 3.31. The number of ether oxygens (including phenoxy) is 1. The van der Waals surface area contributed by atoms with E-state index in [0.717, 1.165) is 18.0 Å². The van der Waals surface area contributed by atoms with Crippen molar-refractivity contribution >= 4 is 38.7 Å². The maximum absolute atomic E-state index is 14.9. The number of fused-ring (bicyclic) bond motifs is 1. The van der Waals surface area contributed by atoms with Crippen molar-refractivity contribution in [1.82, 2.24) is 9.97 Å². The molecule has 11 heteroatoms. The van der Waals surface area contributed by atoms with Crippen LogP contribution in [0, 0.1) is 24.1 Å². The van der Waals surface area contributed by atoms with Gasteiger partial charge in [0, 0.05) is 17.7 Å². The maximum Gasteiger partial charge on any atom is 0.233 e. The average Bonchev–Trinajstić information content (AvgIpc) is 3.52. The molecule has 2 aliphatic rings. The lowest BCUT2D eigenvalue weighted by atomic mass is 9.86. The van der Waals surface area contributed by atoms with Crippen LogP contribution in [0.2, 0.25) is 0 Å². The molecule has 0 bridgehead atoms. The molecule has 2 aromatic rings. The van der Waals surface area contributed by atoms with Crippen molar-refractivity contribution < 1.29 is 21.9 Å². The number of thioether (sulfide) groups is 1. The predicted molar refractivity (Wildman–Crippen MR) is 129 cm³/mol. The Hall–Kier alpha value is -2.97. The summed E-state index contributed by atoms with van der Waals surface area (Å²) in [6.07, 6.45) is 9.82. The number of nitrogens with zero attached hydrogens (tertiary/aromatic N) is 3. The second-order valence-corrected chi connectivity index (χ2v) is 12.3. The molecule has 0 spiro atoms. The molecular weight excluding hydrogens is 482 g/mol. The number of hydrogen-bond acceptors (Lipinski definition) is 8. The molecular formula is C23H22F2N4O3S2. The van der Waals surface area contributed by atoms with Crippen LogP contribution in [-0.2, 0) is 15.4 Å².